The summed E-state index contributed by atoms with van der Waals surface area (Å²) in [7, 11) is 0. The van der Waals surface area contributed by atoms with E-state index in [9.17, 15) is 21.9 Å². The van der Waals surface area contributed by atoms with Gasteiger partial charge in [0.25, 0.3) is 0 Å². The normalized spacial score (nSPS) is 12.8. The predicted octanol–water partition coefficient (Wildman–Crippen LogP) is 5.07. The van der Waals surface area contributed by atoms with E-state index in [1.165, 1.54) is 42.5 Å². The number of aromatic nitrogens is 2. The van der Waals surface area contributed by atoms with Crippen molar-refractivity contribution in [3.63, 3.8) is 0 Å². The second-order valence-corrected chi connectivity index (χ2v) is 6.82. The summed E-state index contributed by atoms with van der Waals surface area (Å²) in [5.74, 6) is 0. The average molecular weight is 435 g/mol. The largest absolute Gasteiger partial charge is 0.755 e. The number of nitrogens with zero attached hydrogens (tertiary/aromatic N) is 2. The smallest absolute Gasteiger partial charge is 0.435 e. The molecule has 0 aliphatic carbocycles. The van der Waals surface area contributed by atoms with Crippen molar-refractivity contribution in [2.24, 2.45) is 0 Å². The van der Waals surface area contributed by atoms with Gasteiger partial charge in [0.15, 0.2) is 5.69 Å². The van der Waals surface area contributed by atoms with Gasteiger partial charge in [-0.15, -0.1) is 0 Å². The van der Waals surface area contributed by atoms with Gasteiger partial charge in [-0.2, -0.15) is 18.3 Å². The van der Waals surface area contributed by atoms with E-state index in [4.69, 9.17) is 23.2 Å². The first-order valence-corrected chi connectivity index (χ1v) is 9.07. The lowest BCUT2D eigenvalue weighted by Gasteiger charge is -2.11. The minimum Gasteiger partial charge on any atom is -0.755 e. The minimum atomic E-state index is -4.64. The maximum atomic E-state index is 13.2. The maximum absolute atomic E-state index is 13.2. The highest BCUT2D eigenvalue weighted by Gasteiger charge is 2.35. The van der Waals surface area contributed by atoms with Gasteiger partial charge in [0, 0.05) is 22.5 Å². The Kier molecular flexibility index (Phi) is 5.48. The molecule has 0 amide bonds. The average Bonchev–Trinajstić information content (AvgIpc) is 3.03. The van der Waals surface area contributed by atoms with Crippen LogP contribution < -0.4 is 4.72 Å². The summed E-state index contributed by atoms with van der Waals surface area (Å²) in [6.07, 6.45) is -4.64. The molecule has 1 atom stereocenters. The van der Waals surface area contributed by atoms with Gasteiger partial charge in [0.2, 0.25) is 0 Å². The van der Waals surface area contributed by atoms with Gasteiger partial charge < -0.3 is 9.27 Å². The number of rotatable bonds is 4. The van der Waals surface area contributed by atoms with E-state index in [1.807, 2.05) is 0 Å². The topological polar surface area (TPSA) is 70.0 Å². The van der Waals surface area contributed by atoms with Gasteiger partial charge in [0.1, 0.15) is 0 Å². The monoisotopic (exact) mass is 434 g/mol. The van der Waals surface area contributed by atoms with Crippen LogP contribution in [0.1, 0.15) is 5.69 Å². The highest BCUT2D eigenvalue weighted by atomic mass is 35.5. The van der Waals surface area contributed by atoms with Crippen molar-refractivity contribution in [3.05, 3.63) is 64.3 Å². The first-order chi connectivity index (χ1) is 12.6. The van der Waals surface area contributed by atoms with Gasteiger partial charge in [-0.1, -0.05) is 29.3 Å². The van der Waals surface area contributed by atoms with Crippen molar-refractivity contribution in [2.45, 2.75) is 6.18 Å². The molecular formula is C16H9Cl2F3N3O2S-. The zero-order valence-corrected chi connectivity index (χ0v) is 15.5. The summed E-state index contributed by atoms with van der Waals surface area (Å²) in [5, 5.41) is 4.10. The zero-order valence-electron chi connectivity index (χ0n) is 13.1. The summed E-state index contributed by atoms with van der Waals surface area (Å²) >= 11 is 9.33. The van der Waals surface area contributed by atoms with Crippen LogP contribution in [0, 0.1) is 0 Å². The van der Waals surface area contributed by atoms with Crippen LogP contribution in [0.4, 0.5) is 18.9 Å². The molecule has 3 rings (SSSR count). The highest BCUT2D eigenvalue weighted by molar-refractivity contribution is 7.80. The third-order valence-electron chi connectivity index (χ3n) is 3.53. The number of hydrogen-bond donors (Lipinski definition) is 1. The molecule has 0 bridgehead atoms. The molecule has 0 saturated carbocycles. The molecule has 1 heterocycles. The van der Waals surface area contributed by atoms with Crippen molar-refractivity contribution in [3.8, 4) is 16.9 Å². The Morgan fingerprint density at radius 1 is 1.04 bits per heavy atom. The van der Waals surface area contributed by atoms with Crippen molar-refractivity contribution in [2.75, 3.05) is 4.72 Å². The number of alkyl halides is 3. The third-order valence-corrected chi connectivity index (χ3v) is 4.67. The number of benzene rings is 2. The van der Waals surface area contributed by atoms with E-state index < -0.39 is 23.1 Å². The van der Waals surface area contributed by atoms with Crippen LogP contribution in [0.5, 0.6) is 0 Å². The van der Waals surface area contributed by atoms with Crippen molar-refractivity contribution >= 4 is 40.2 Å². The molecule has 27 heavy (non-hydrogen) atoms. The molecule has 1 N–H and O–H groups in total. The van der Waals surface area contributed by atoms with E-state index >= 15 is 0 Å². The molecular weight excluding hydrogens is 426 g/mol. The lowest BCUT2D eigenvalue weighted by Crippen LogP contribution is -2.07. The fraction of sp³-hybridized carbons (Fsp3) is 0.0625. The van der Waals surface area contributed by atoms with E-state index in [0.717, 1.165) is 10.7 Å². The van der Waals surface area contributed by atoms with E-state index in [1.54, 1.807) is 0 Å². The molecule has 0 saturated heterocycles. The summed E-state index contributed by atoms with van der Waals surface area (Å²) in [5.41, 5.74) is 0.0101. The van der Waals surface area contributed by atoms with Crippen LogP contribution in [-0.2, 0) is 17.4 Å². The molecule has 1 aromatic heterocycles. The molecule has 3 aromatic rings. The highest BCUT2D eigenvalue weighted by Crippen LogP contribution is 2.35. The number of hydrogen-bond acceptors (Lipinski definition) is 3. The van der Waals surface area contributed by atoms with E-state index in [-0.39, 0.29) is 21.4 Å². The van der Waals surface area contributed by atoms with E-state index in [2.05, 4.69) is 9.82 Å². The predicted molar refractivity (Wildman–Crippen MR) is 96.6 cm³/mol. The van der Waals surface area contributed by atoms with Gasteiger partial charge in [-0.05, 0) is 42.5 Å². The fourth-order valence-electron chi connectivity index (χ4n) is 2.34. The Bertz CT molecular complexity index is 1010. The second kappa shape index (κ2) is 7.51. The standard InChI is InChI=1S/C16H10Cl2F3N3O2S/c17-12-6-1-9(7-13(12)18)14-8-15(16(19,20)21)22-24(14)11-4-2-10(3-5-11)23-27(25)26/h1-8,23H,(H,25,26)/p-1. The fourth-order valence-corrected chi connectivity index (χ4v) is 2.97. The van der Waals surface area contributed by atoms with Gasteiger partial charge in [-0.25, -0.2) is 4.68 Å². The van der Waals surface area contributed by atoms with Crippen LogP contribution in [-0.4, -0.2) is 18.5 Å². The first-order valence-electron chi connectivity index (χ1n) is 7.24. The van der Waals surface area contributed by atoms with Gasteiger partial charge in [0.05, 0.1) is 21.4 Å². The Labute approximate surface area is 164 Å². The summed E-state index contributed by atoms with van der Waals surface area (Å²) in [6.45, 7) is 0. The third kappa shape index (κ3) is 4.44. The lowest BCUT2D eigenvalue weighted by atomic mass is 10.1. The van der Waals surface area contributed by atoms with Crippen LogP contribution in [0.25, 0.3) is 16.9 Å². The summed E-state index contributed by atoms with van der Waals surface area (Å²) < 4.78 is 64.0. The van der Waals surface area contributed by atoms with Crippen LogP contribution in [0.2, 0.25) is 10.0 Å². The summed E-state index contributed by atoms with van der Waals surface area (Å²) in [4.78, 5) is 0. The van der Waals surface area contributed by atoms with Gasteiger partial charge >= 0.3 is 6.18 Å². The molecule has 0 aliphatic rings. The van der Waals surface area contributed by atoms with Gasteiger partial charge in [-0.3, -0.25) is 4.21 Å². The van der Waals surface area contributed by atoms with Crippen molar-refractivity contribution in [1.82, 2.24) is 9.78 Å². The van der Waals surface area contributed by atoms with Crippen molar-refractivity contribution in [1.29, 1.82) is 0 Å². The SMILES string of the molecule is O=S([O-])Nc1ccc(-n2nc(C(F)(F)F)cc2-c2ccc(Cl)c(Cl)c2)cc1. The molecule has 0 fully saturated rings. The molecule has 142 valence electrons. The molecule has 0 aliphatic heterocycles. The maximum Gasteiger partial charge on any atom is 0.435 e. The van der Waals surface area contributed by atoms with Crippen LogP contribution in [0.3, 0.4) is 0 Å². The Balaban J connectivity index is 2.11. The first kappa shape index (κ1) is 19.7. The second-order valence-electron chi connectivity index (χ2n) is 5.34. The van der Waals surface area contributed by atoms with Crippen molar-refractivity contribution < 1.29 is 21.9 Å². The Morgan fingerprint density at radius 3 is 2.26 bits per heavy atom. The number of anilines is 1. The minimum absolute atomic E-state index is 0.147. The molecule has 2 aromatic carbocycles. The molecule has 11 heteroatoms. The van der Waals surface area contributed by atoms with Crippen LogP contribution in [0.15, 0.2) is 48.5 Å². The summed E-state index contributed by atoms with van der Waals surface area (Å²) in [6, 6.07) is 11.0. The zero-order chi connectivity index (χ0) is 19.8. The molecule has 0 radical (unpaired) electrons. The molecule has 1 unspecified atom stereocenters. The Hall–Kier alpha value is -2.07. The van der Waals surface area contributed by atoms with E-state index in [0.29, 0.717) is 11.3 Å². The number of nitrogens with one attached hydrogen (secondary N) is 1. The molecule has 5 nitrogen and oxygen atoms in total. The molecule has 0 spiro atoms. The Morgan fingerprint density at radius 2 is 1.70 bits per heavy atom. The quantitative estimate of drug-likeness (QED) is 0.582. The lowest BCUT2D eigenvalue weighted by molar-refractivity contribution is -0.141. The van der Waals surface area contributed by atoms with Crippen LogP contribution >= 0.6 is 23.2 Å². The number of halogens is 5.